The molecule has 0 bridgehead atoms. The predicted molar refractivity (Wildman–Crippen MR) is 169 cm³/mol. The Bertz CT molecular complexity index is 1600. The van der Waals surface area contributed by atoms with Gasteiger partial charge in [0.1, 0.15) is 28.6 Å². The molecule has 4 aromatic rings. The van der Waals surface area contributed by atoms with Gasteiger partial charge in [0.25, 0.3) is 0 Å². The minimum atomic E-state index is -0.513. The molecule has 0 unspecified atom stereocenters. The summed E-state index contributed by atoms with van der Waals surface area (Å²) in [6.45, 7) is 3.83. The van der Waals surface area contributed by atoms with E-state index in [0.29, 0.717) is 28.5 Å². The monoisotopic (exact) mass is 597 g/mol. The average Bonchev–Trinajstić information content (AvgIpc) is 3.05. The van der Waals surface area contributed by atoms with Crippen molar-refractivity contribution in [1.29, 1.82) is 0 Å². The predicted octanol–water partition coefficient (Wildman–Crippen LogP) is 7.31. The molecule has 1 aliphatic heterocycles. The molecule has 0 spiro atoms. The Kier molecular flexibility index (Phi) is 9.64. The molecule has 4 aromatic carbocycles. The highest BCUT2D eigenvalue weighted by Gasteiger charge is 2.26. The molecule has 8 nitrogen and oxygen atoms in total. The second-order valence-corrected chi connectivity index (χ2v) is 10.6. The average molecular weight is 598 g/mol. The number of nitrogens with zero attached hydrogens (tertiary/aromatic N) is 2. The minimum Gasteiger partial charge on any atom is -0.496 e. The molecule has 0 atom stereocenters. The first-order valence-electron chi connectivity index (χ1n) is 14.6. The van der Waals surface area contributed by atoms with Crippen LogP contribution in [0.1, 0.15) is 40.7 Å². The molecule has 44 heavy (non-hydrogen) atoms. The van der Waals surface area contributed by atoms with Crippen molar-refractivity contribution in [1.82, 2.24) is 0 Å². The topological polar surface area (TPSA) is 80.3 Å². The molecule has 1 N–H and O–H groups in total. The lowest BCUT2D eigenvalue weighted by Gasteiger charge is -2.35. The van der Waals surface area contributed by atoms with Crippen LogP contribution >= 0.6 is 0 Å². The van der Waals surface area contributed by atoms with E-state index in [4.69, 9.17) is 14.2 Å². The SMILES string of the molecule is COC(=O)c1ccc(CC(=O)N(Nc2ccc(Oc3ccc(F)cc3)cc2)c2c(C)cccc2N2CCCCC2)cc1OC. The fourth-order valence-corrected chi connectivity index (χ4v) is 5.31. The van der Waals surface area contributed by atoms with Crippen LogP contribution in [0, 0.1) is 12.7 Å². The van der Waals surface area contributed by atoms with E-state index in [9.17, 15) is 14.0 Å². The van der Waals surface area contributed by atoms with Crippen LogP contribution in [-0.2, 0) is 16.0 Å². The maximum atomic E-state index is 14.2. The van der Waals surface area contributed by atoms with E-state index in [-0.39, 0.29) is 23.7 Å². The van der Waals surface area contributed by atoms with Crippen molar-refractivity contribution < 1.29 is 28.2 Å². The Balaban J connectivity index is 1.46. The Hall–Kier alpha value is -5.05. The zero-order valence-electron chi connectivity index (χ0n) is 25.1. The number of hydrogen-bond donors (Lipinski definition) is 1. The maximum absolute atomic E-state index is 14.2. The first-order chi connectivity index (χ1) is 21.4. The molecule has 0 aromatic heterocycles. The molecule has 1 saturated heterocycles. The van der Waals surface area contributed by atoms with Gasteiger partial charge in [0.2, 0.25) is 5.91 Å². The van der Waals surface area contributed by atoms with Crippen LogP contribution in [0.25, 0.3) is 0 Å². The summed E-state index contributed by atoms with van der Waals surface area (Å²) in [5, 5.41) is 1.61. The first kappa shape index (κ1) is 30.4. The van der Waals surface area contributed by atoms with Crippen molar-refractivity contribution in [2.45, 2.75) is 32.6 Å². The van der Waals surface area contributed by atoms with E-state index in [1.54, 1.807) is 47.5 Å². The molecular weight excluding hydrogens is 561 g/mol. The lowest BCUT2D eigenvalue weighted by atomic mass is 10.0. The number of anilines is 3. The van der Waals surface area contributed by atoms with Gasteiger partial charge in [-0.2, -0.15) is 0 Å². The standard InChI is InChI=1S/C35H36FN3O5/c1-24-8-7-9-31(38-20-5-4-6-21-38)34(24)39(33(40)23-25-10-19-30(35(41)43-3)32(22-25)42-2)37-27-13-17-29(18-14-27)44-28-15-11-26(36)12-16-28/h7-19,22,37H,4-6,20-21,23H2,1-3H3. The number of methoxy groups -OCH3 is 2. The summed E-state index contributed by atoms with van der Waals surface area (Å²) >= 11 is 0. The Labute approximate surface area is 256 Å². The third kappa shape index (κ3) is 7.11. The molecule has 0 saturated carbocycles. The largest absolute Gasteiger partial charge is 0.496 e. The van der Waals surface area contributed by atoms with Gasteiger partial charge >= 0.3 is 5.97 Å². The number of aryl methyl sites for hydroxylation is 1. The fraction of sp³-hybridized carbons (Fsp3) is 0.257. The zero-order chi connectivity index (χ0) is 31.1. The van der Waals surface area contributed by atoms with Gasteiger partial charge in [-0.1, -0.05) is 18.2 Å². The number of carbonyl (C=O) groups excluding carboxylic acids is 2. The number of halogens is 1. The third-order valence-corrected chi connectivity index (χ3v) is 7.56. The van der Waals surface area contributed by atoms with Crippen molar-refractivity contribution >= 4 is 28.9 Å². The molecule has 5 rings (SSSR count). The molecule has 1 fully saturated rings. The summed E-state index contributed by atoms with van der Waals surface area (Å²) in [7, 11) is 2.79. The van der Waals surface area contributed by atoms with Crippen molar-refractivity contribution in [3.05, 3.63) is 107 Å². The number of amides is 1. The normalized spacial score (nSPS) is 12.8. The van der Waals surface area contributed by atoms with Crippen molar-refractivity contribution in [2.75, 3.05) is 42.6 Å². The summed E-state index contributed by atoms with van der Waals surface area (Å²) in [5.41, 5.74) is 7.71. The summed E-state index contributed by atoms with van der Waals surface area (Å²) in [4.78, 5) is 28.7. The van der Waals surface area contributed by atoms with Crippen molar-refractivity contribution in [2.24, 2.45) is 0 Å². The molecule has 1 heterocycles. The maximum Gasteiger partial charge on any atom is 0.341 e. The molecule has 0 aliphatic carbocycles. The Morgan fingerprint density at radius 1 is 0.886 bits per heavy atom. The highest BCUT2D eigenvalue weighted by Crippen LogP contribution is 2.36. The van der Waals surface area contributed by atoms with Gasteiger partial charge in [0, 0.05) is 13.1 Å². The van der Waals surface area contributed by atoms with Crippen LogP contribution in [0.2, 0.25) is 0 Å². The van der Waals surface area contributed by atoms with Gasteiger partial charge in [-0.25, -0.2) is 14.2 Å². The van der Waals surface area contributed by atoms with E-state index < -0.39 is 5.97 Å². The van der Waals surface area contributed by atoms with Gasteiger partial charge in [-0.15, -0.1) is 0 Å². The smallest absolute Gasteiger partial charge is 0.341 e. The number of para-hydroxylation sites is 1. The molecule has 0 radical (unpaired) electrons. The van der Waals surface area contributed by atoms with Crippen LogP contribution in [-0.4, -0.2) is 39.2 Å². The lowest BCUT2D eigenvalue weighted by Crippen LogP contribution is -2.40. The fourth-order valence-electron chi connectivity index (χ4n) is 5.31. The third-order valence-electron chi connectivity index (χ3n) is 7.56. The molecular formula is C35H36FN3O5. The number of hydrazine groups is 1. The summed E-state index contributed by atoms with van der Waals surface area (Å²) in [6, 6.07) is 24.1. The van der Waals surface area contributed by atoms with Gasteiger partial charge in [0.15, 0.2) is 0 Å². The second-order valence-electron chi connectivity index (χ2n) is 10.6. The van der Waals surface area contributed by atoms with Gasteiger partial charge < -0.3 is 19.1 Å². The van der Waals surface area contributed by atoms with E-state index in [2.05, 4.69) is 16.4 Å². The summed E-state index contributed by atoms with van der Waals surface area (Å²) in [6.07, 6.45) is 3.42. The first-order valence-corrected chi connectivity index (χ1v) is 14.6. The molecule has 1 aliphatic rings. The van der Waals surface area contributed by atoms with Crippen molar-refractivity contribution in [3.63, 3.8) is 0 Å². The zero-order valence-corrected chi connectivity index (χ0v) is 25.1. The Morgan fingerprint density at radius 2 is 1.57 bits per heavy atom. The molecule has 9 heteroatoms. The van der Waals surface area contributed by atoms with Crippen LogP contribution in [0.15, 0.2) is 84.9 Å². The molecule has 1 amide bonds. The number of rotatable bonds is 10. The highest BCUT2D eigenvalue weighted by molar-refractivity contribution is 6.01. The minimum absolute atomic E-state index is 0.0460. The summed E-state index contributed by atoms with van der Waals surface area (Å²) < 4.78 is 29.4. The number of ether oxygens (including phenoxy) is 3. The van der Waals surface area contributed by atoms with E-state index in [1.807, 2.05) is 31.2 Å². The number of piperidine rings is 1. The van der Waals surface area contributed by atoms with Crippen LogP contribution in [0.4, 0.5) is 21.5 Å². The lowest BCUT2D eigenvalue weighted by molar-refractivity contribution is -0.117. The number of carbonyl (C=O) groups is 2. The van der Waals surface area contributed by atoms with E-state index in [1.165, 1.54) is 32.8 Å². The van der Waals surface area contributed by atoms with Crippen LogP contribution < -0.4 is 24.8 Å². The van der Waals surface area contributed by atoms with Gasteiger partial charge in [-0.3, -0.25) is 10.2 Å². The number of esters is 1. The van der Waals surface area contributed by atoms with Crippen LogP contribution in [0.3, 0.4) is 0 Å². The van der Waals surface area contributed by atoms with Gasteiger partial charge in [0.05, 0.1) is 37.7 Å². The van der Waals surface area contributed by atoms with Crippen LogP contribution in [0.5, 0.6) is 17.2 Å². The number of hydrogen-bond acceptors (Lipinski definition) is 7. The Morgan fingerprint density at radius 3 is 2.23 bits per heavy atom. The van der Waals surface area contributed by atoms with E-state index in [0.717, 1.165) is 42.9 Å². The van der Waals surface area contributed by atoms with Gasteiger partial charge in [-0.05, 0) is 104 Å². The van der Waals surface area contributed by atoms with Crippen molar-refractivity contribution in [3.8, 4) is 17.2 Å². The molecule has 228 valence electrons. The number of nitrogens with one attached hydrogen (secondary N) is 1. The second kappa shape index (κ2) is 13.9. The quantitative estimate of drug-likeness (QED) is 0.152. The highest BCUT2D eigenvalue weighted by atomic mass is 19.1. The van der Waals surface area contributed by atoms with E-state index >= 15 is 0 Å². The summed E-state index contributed by atoms with van der Waals surface area (Å²) in [5.74, 6) is 0.382. The number of benzene rings is 4.